The summed E-state index contributed by atoms with van der Waals surface area (Å²) in [6.07, 6.45) is -2.74. The van der Waals surface area contributed by atoms with Crippen LogP contribution in [0.5, 0.6) is 0 Å². The maximum Gasteiger partial charge on any atom is 0.393 e. The lowest BCUT2D eigenvalue weighted by molar-refractivity contribution is -0.183. The van der Waals surface area contributed by atoms with Crippen LogP contribution in [0.25, 0.3) is 5.78 Å². The van der Waals surface area contributed by atoms with Gasteiger partial charge in [0.25, 0.3) is 5.78 Å². The molecule has 3 aromatic heterocycles. The summed E-state index contributed by atoms with van der Waals surface area (Å²) < 4.78 is 86.7. The predicted molar refractivity (Wildman–Crippen MR) is 129 cm³/mol. The Bertz CT molecular complexity index is 1350. The number of aliphatic hydroxyl groups is 1. The Hall–Kier alpha value is -3.27. The van der Waals surface area contributed by atoms with Crippen LogP contribution in [-0.2, 0) is 17.6 Å². The number of rotatable bonds is 9. The van der Waals surface area contributed by atoms with Crippen molar-refractivity contribution in [1.82, 2.24) is 35.4 Å². The smallest absolute Gasteiger partial charge is 0.374 e. The third kappa shape index (κ3) is 6.63. The van der Waals surface area contributed by atoms with Gasteiger partial charge in [0.05, 0.1) is 53.7 Å². The number of amides is 1. The van der Waals surface area contributed by atoms with Crippen molar-refractivity contribution in [1.29, 1.82) is 0 Å². The van der Waals surface area contributed by atoms with Crippen LogP contribution >= 0.6 is 0 Å². The molecule has 0 aromatic carbocycles. The second kappa shape index (κ2) is 11.5. The number of nitrogens with one attached hydrogen (secondary N) is 2. The molecule has 10 nitrogen and oxygen atoms in total. The molecule has 4 heterocycles. The highest BCUT2D eigenvalue weighted by atomic mass is 19.4. The minimum Gasteiger partial charge on any atom is -0.374 e. The molecule has 1 unspecified atom stereocenters. The number of hydrogen-bond donors (Lipinski definition) is 3. The first kappa shape index (κ1) is 29.2. The molecule has 1 aliphatic carbocycles. The van der Waals surface area contributed by atoms with Crippen molar-refractivity contribution in [3.8, 4) is 0 Å². The zero-order chi connectivity index (χ0) is 29.4. The average molecular weight is 590 g/mol. The van der Waals surface area contributed by atoms with E-state index >= 15 is 0 Å². The van der Waals surface area contributed by atoms with E-state index < -0.39 is 55.3 Å². The van der Waals surface area contributed by atoms with Gasteiger partial charge >= 0.3 is 6.18 Å². The number of aliphatic hydroxyl groups excluding tert-OH is 1. The molecule has 1 saturated carbocycles. The number of alkyl halides is 6. The molecule has 0 spiro atoms. The number of piperidine rings is 1. The lowest BCUT2D eigenvalue weighted by Gasteiger charge is -2.34. The minimum atomic E-state index is -4.43. The molecule has 5 rings (SSSR count). The Balaban J connectivity index is 1.39. The number of aromatic nitrogens is 5. The molecule has 3 aromatic rings. The fourth-order valence-electron chi connectivity index (χ4n) is 5.55. The highest BCUT2D eigenvalue weighted by Gasteiger charge is 2.45. The van der Waals surface area contributed by atoms with Crippen LogP contribution in [0.3, 0.4) is 0 Å². The first-order chi connectivity index (χ1) is 19.4. The molecule has 16 heteroatoms. The molecular formula is C25H29F6N7O3. The van der Waals surface area contributed by atoms with Gasteiger partial charge in [0.15, 0.2) is 0 Å². The SMILES string of the molecule is O=C1NC[C@H](C(F)(F)F)C[C@@H]1Cc1cnc2nc([C@@H](NC(O)c3conc3CCF)C3CCC(F)(F)CC3)cn2n1. The molecule has 1 aliphatic heterocycles. The monoisotopic (exact) mass is 589 g/mol. The number of nitrogens with zero attached hydrogens (tertiary/aromatic N) is 5. The quantitative estimate of drug-likeness (QED) is 0.255. The van der Waals surface area contributed by atoms with Crippen molar-refractivity contribution in [2.75, 3.05) is 13.2 Å². The topological polar surface area (TPSA) is 130 Å². The second-order valence-electron chi connectivity index (χ2n) is 10.7. The van der Waals surface area contributed by atoms with Crippen LogP contribution in [0.1, 0.15) is 67.0 Å². The first-order valence-corrected chi connectivity index (χ1v) is 13.3. The highest BCUT2D eigenvalue weighted by Crippen LogP contribution is 2.42. The molecule has 0 bridgehead atoms. The Kier molecular flexibility index (Phi) is 8.23. The fraction of sp³-hybridized carbons (Fsp3) is 0.640. The van der Waals surface area contributed by atoms with Crippen molar-refractivity contribution >= 4 is 11.7 Å². The van der Waals surface area contributed by atoms with Gasteiger partial charge in [-0.05, 0) is 25.2 Å². The van der Waals surface area contributed by atoms with Gasteiger partial charge in [-0.2, -0.15) is 18.3 Å². The molecular weight excluding hydrogens is 560 g/mol. The van der Waals surface area contributed by atoms with E-state index in [1.807, 2.05) is 0 Å². The summed E-state index contributed by atoms with van der Waals surface area (Å²) in [4.78, 5) is 21.0. The Morgan fingerprint density at radius 3 is 2.73 bits per heavy atom. The third-order valence-electron chi connectivity index (χ3n) is 7.83. The highest BCUT2D eigenvalue weighted by molar-refractivity contribution is 5.79. The van der Waals surface area contributed by atoms with Gasteiger partial charge in [0, 0.05) is 38.1 Å². The number of carbonyl (C=O) groups is 1. The summed E-state index contributed by atoms with van der Waals surface area (Å²) in [5.74, 6) is -6.11. The van der Waals surface area contributed by atoms with Crippen molar-refractivity contribution < 1.29 is 40.8 Å². The average Bonchev–Trinajstić information content (AvgIpc) is 3.55. The van der Waals surface area contributed by atoms with Crippen molar-refractivity contribution in [2.45, 2.75) is 69.3 Å². The maximum absolute atomic E-state index is 13.9. The van der Waals surface area contributed by atoms with Crippen LogP contribution in [0.2, 0.25) is 0 Å². The van der Waals surface area contributed by atoms with Gasteiger partial charge in [-0.1, -0.05) is 5.16 Å². The molecule has 3 N–H and O–H groups in total. The van der Waals surface area contributed by atoms with E-state index in [9.17, 15) is 36.2 Å². The number of aryl methyl sites for hydroxylation is 1. The molecule has 1 amide bonds. The minimum absolute atomic E-state index is 0.0716. The third-order valence-corrected chi connectivity index (χ3v) is 7.83. The van der Waals surface area contributed by atoms with E-state index in [0.29, 0.717) is 5.69 Å². The number of carbonyl (C=O) groups excluding carboxylic acids is 1. The number of imidazole rings is 1. The summed E-state index contributed by atoms with van der Waals surface area (Å²) in [6, 6.07) is -0.738. The summed E-state index contributed by atoms with van der Waals surface area (Å²) in [7, 11) is 0. The maximum atomic E-state index is 13.9. The number of fused-ring (bicyclic) bond motifs is 1. The van der Waals surface area contributed by atoms with Crippen molar-refractivity contribution in [3.05, 3.63) is 41.3 Å². The standard InChI is InChI=1S/C25H29F6N7O3/c26-6-3-18-17(12-41-37-18)22(40)35-20(13-1-4-24(27,28)5-2-13)19-11-38-23(34-19)33-10-16(36-38)8-14-7-15(25(29,30)31)9-32-21(14)39/h10-15,20,22,35,40H,1-9H2,(H,32,39)/t14-,15-,20+,22?/m1/s1. The van der Waals surface area contributed by atoms with E-state index in [2.05, 4.69) is 30.9 Å². The van der Waals surface area contributed by atoms with Gasteiger partial charge in [0.1, 0.15) is 12.5 Å². The summed E-state index contributed by atoms with van der Waals surface area (Å²) in [5, 5.41) is 24.3. The fourth-order valence-corrected chi connectivity index (χ4v) is 5.55. The van der Waals surface area contributed by atoms with E-state index in [1.165, 1.54) is 23.2 Å². The summed E-state index contributed by atoms with van der Waals surface area (Å²) in [5.41, 5.74) is 1.03. The van der Waals surface area contributed by atoms with Gasteiger partial charge in [-0.3, -0.25) is 14.5 Å². The molecule has 0 radical (unpaired) electrons. The van der Waals surface area contributed by atoms with Gasteiger partial charge in [-0.25, -0.2) is 23.3 Å². The molecule has 2 aliphatic rings. The molecule has 2 fully saturated rings. The van der Waals surface area contributed by atoms with Crippen molar-refractivity contribution in [3.63, 3.8) is 0 Å². The molecule has 41 heavy (non-hydrogen) atoms. The van der Waals surface area contributed by atoms with Crippen molar-refractivity contribution in [2.24, 2.45) is 17.8 Å². The second-order valence-corrected chi connectivity index (χ2v) is 10.7. The normalized spacial score (nSPS) is 23.4. The van der Waals surface area contributed by atoms with Crippen LogP contribution in [-0.4, -0.2) is 61.1 Å². The zero-order valence-electron chi connectivity index (χ0n) is 21.8. The largest absolute Gasteiger partial charge is 0.393 e. The number of halogens is 6. The van der Waals surface area contributed by atoms with E-state index in [0.717, 1.165) is 0 Å². The van der Waals surface area contributed by atoms with E-state index in [-0.39, 0.29) is 73.6 Å². The Morgan fingerprint density at radius 2 is 2.02 bits per heavy atom. The molecule has 224 valence electrons. The summed E-state index contributed by atoms with van der Waals surface area (Å²) >= 11 is 0. The summed E-state index contributed by atoms with van der Waals surface area (Å²) in [6.45, 7) is -1.19. The van der Waals surface area contributed by atoms with Crippen LogP contribution < -0.4 is 10.6 Å². The van der Waals surface area contributed by atoms with E-state index in [4.69, 9.17) is 4.52 Å². The Labute approximate surface area is 229 Å². The predicted octanol–water partition coefficient (Wildman–Crippen LogP) is 3.63. The van der Waals surface area contributed by atoms with Gasteiger partial charge in [0.2, 0.25) is 11.8 Å². The van der Waals surface area contributed by atoms with E-state index in [1.54, 1.807) is 0 Å². The molecule has 1 saturated heterocycles. The van der Waals surface area contributed by atoms with Gasteiger partial charge in [-0.15, -0.1) is 0 Å². The van der Waals surface area contributed by atoms with Crippen LogP contribution in [0.4, 0.5) is 26.3 Å². The number of hydrogen-bond acceptors (Lipinski definition) is 8. The van der Waals surface area contributed by atoms with Gasteiger partial charge < -0.3 is 14.9 Å². The Morgan fingerprint density at radius 1 is 1.27 bits per heavy atom. The van der Waals surface area contributed by atoms with Crippen LogP contribution in [0, 0.1) is 17.8 Å². The first-order valence-electron chi connectivity index (χ1n) is 13.3. The molecule has 4 atom stereocenters. The lowest BCUT2D eigenvalue weighted by atomic mass is 9.81. The lowest BCUT2D eigenvalue weighted by Crippen LogP contribution is -2.47. The van der Waals surface area contributed by atoms with Crippen LogP contribution in [0.15, 0.2) is 23.2 Å². The zero-order valence-corrected chi connectivity index (χ0v) is 21.8.